The molecular weight excluding hydrogens is 389 g/mol. The summed E-state index contributed by atoms with van der Waals surface area (Å²) in [5.74, 6) is 0.785. The highest BCUT2D eigenvalue weighted by Crippen LogP contribution is 2.26. The maximum Gasteiger partial charge on any atom is 0.224 e. The molecule has 17 heavy (non-hydrogen) atoms. The molecule has 2 heterocycles. The molecule has 0 saturated heterocycles. The van der Waals surface area contributed by atoms with E-state index in [4.69, 9.17) is 11.6 Å². The lowest BCUT2D eigenvalue weighted by Crippen LogP contribution is -2.18. The van der Waals surface area contributed by atoms with E-state index in [1.54, 1.807) is 17.5 Å². The van der Waals surface area contributed by atoms with Crippen LogP contribution in [0.1, 0.15) is 5.56 Å². The minimum Gasteiger partial charge on any atom is -0.354 e. The monoisotopic (exact) mass is 395 g/mol. The lowest BCUT2D eigenvalue weighted by atomic mass is 10.3. The summed E-state index contributed by atoms with van der Waals surface area (Å²) in [6.07, 6.45) is 1.66. The van der Waals surface area contributed by atoms with E-state index in [0.717, 1.165) is 20.6 Å². The van der Waals surface area contributed by atoms with E-state index in [1.807, 2.05) is 11.9 Å². The Bertz CT molecular complexity index is 532. The Morgan fingerprint density at radius 3 is 2.88 bits per heavy atom. The average molecular weight is 398 g/mol. The van der Waals surface area contributed by atoms with Crippen molar-refractivity contribution in [2.75, 3.05) is 11.9 Å². The average Bonchev–Trinajstić information content (AvgIpc) is 2.67. The molecule has 0 aliphatic rings. The predicted octanol–water partition coefficient (Wildman–Crippen LogP) is 4.35. The van der Waals surface area contributed by atoms with Crippen LogP contribution < -0.4 is 4.90 Å². The summed E-state index contributed by atoms with van der Waals surface area (Å²) in [5.41, 5.74) is 1.23. The van der Waals surface area contributed by atoms with E-state index in [1.165, 1.54) is 5.56 Å². The van der Waals surface area contributed by atoms with Gasteiger partial charge in [0.1, 0.15) is 5.82 Å². The highest BCUT2D eigenvalue weighted by atomic mass is 79.9. The van der Waals surface area contributed by atoms with Crippen molar-refractivity contribution >= 4 is 60.6 Å². The van der Waals surface area contributed by atoms with Crippen molar-refractivity contribution in [3.8, 4) is 0 Å². The first-order valence-electron chi connectivity index (χ1n) is 4.68. The highest BCUT2D eigenvalue weighted by Gasteiger charge is 2.10. The molecule has 0 radical (unpaired) electrons. The Kier molecular flexibility index (Phi) is 4.41. The number of rotatable bonds is 3. The van der Waals surface area contributed by atoms with Gasteiger partial charge in [0, 0.05) is 19.8 Å². The van der Waals surface area contributed by atoms with Crippen molar-refractivity contribution in [2.45, 2.75) is 6.54 Å². The molecule has 0 aliphatic heterocycles. The zero-order valence-corrected chi connectivity index (χ0v) is 13.6. The van der Waals surface area contributed by atoms with Gasteiger partial charge in [0.2, 0.25) is 5.28 Å². The van der Waals surface area contributed by atoms with Gasteiger partial charge in [-0.15, -0.1) is 11.3 Å². The van der Waals surface area contributed by atoms with Gasteiger partial charge in [0.15, 0.2) is 0 Å². The fourth-order valence-electron chi connectivity index (χ4n) is 1.38. The fourth-order valence-corrected chi connectivity index (χ4v) is 3.21. The summed E-state index contributed by atoms with van der Waals surface area (Å²) in [5, 5.41) is 2.36. The van der Waals surface area contributed by atoms with Gasteiger partial charge in [-0.25, -0.2) is 4.98 Å². The first-order chi connectivity index (χ1) is 8.06. The summed E-state index contributed by atoms with van der Waals surface area (Å²) in [6, 6.07) is 2.10. The largest absolute Gasteiger partial charge is 0.354 e. The molecule has 0 unspecified atom stereocenters. The molecule has 0 aromatic carbocycles. The number of aromatic nitrogens is 2. The predicted molar refractivity (Wildman–Crippen MR) is 78.9 cm³/mol. The number of anilines is 1. The Hall–Kier alpha value is -0.170. The zero-order valence-electron chi connectivity index (χ0n) is 8.82. The van der Waals surface area contributed by atoms with E-state index in [-0.39, 0.29) is 5.28 Å². The second-order valence-electron chi connectivity index (χ2n) is 3.43. The minimum absolute atomic E-state index is 0.251. The Morgan fingerprint density at radius 1 is 1.47 bits per heavy atom. The third-order valence-electron chi connectivity index (χ3n) is 2.10. The maximum absolute atomic E-state index is 5.79. The van der Waals surface area contributed by atoms with Crippen LogP contribution in [0.5, 0.6) is 0 Å². The van der Waals surface area contributed by atoms with Crippen molar-refractivity contribution < 1.29 is 0 Å². The fraction of sp³-hybridized carbons (Fsp3) is 0.200. The molecule has 2 aromatic rings. The summed E-state index contributed by atoms with van der Waals surface area (Å²) < 4.78 is 1.96. The van der Waals surface area contributed by atoms with Crippen LogP contribution in [0, 0.1) is 0 Å². The lowest BCUT2D eigenvalue weighted by molar-refractivity contribution is 0.889. The smallest absolute Gasteiger partial charge is 0.224 e. The van der Waals surface area contributed by atoms with Crippen LogP contribution in [-0.2, 0) is 6.54 Å². The Labute approximate surface area is 125 Å². The Morgan fingerprint density at radius 2 is 2.24 bits per heavy atom. The molecule has 0 saturated carbocycles. The van der Waals surface area contributed by atoms with Crippen molar-refractivity contribution in [2.24, 2.45) is 0 Å². The van der Waals surface area contributed by atoms with Gasteiger partial charge in [0.25, 0.3) is 0 Å². The molecule has 0 spiro atoms. The second kappa shape index (κ2) is 5.65. The first kappa shape index (κ1) is 13.3. The van der Waals surface area contributed by atoms with Crippen LogP contribution in [0.3, 0.4) is 0 Å². The topological polar surface area (TPSA) is 29.0 Å². The third kappa shape index (κ3) is 3.40. The summed E-state index contributed by atoms with van der Waals surface area (Å²) in [4.78, 5) is 10.1. The number of halogens is 3. The van der Waals surface area contributed by atoms with Gasteiger partial charge >= 0.3 is 0 Å². The van der Waals surface area contributed by atoms with Gasteiger partial charge < -0.3 is 4.90 Å². The molecule has 7 heteroatoms. The molecular formula is C10H8Br2ClN3S. The summed E-state index contributed by atoms with van der Waals surface area (Å²) in [6.45, 7) is 0.772. The minimum atomic E-state index is 0.251. The molecule has 0 bridgehead atoms. The lowest BCUT2D eigenvalue weighted by Gasteiger charge is -2.18. The van der Waals surface area contributed by atoms with Gasteiger partial charge in [-0.3, -0.25) is 0 Å². The molecule has 0 aliphatic carbocycles. The normalized spacial score (nSPS) is 10.6. The molecule has 0 fully saturated rings. The Balaban J connectivity index is 2.19. The van der Waals surface area contributed by atoms with Gasteiger partial charge in [-0.1, -0.05) is 0 Å². The van der Waals surface area contributed by atoms with Crippen molar-refractivity contribution in [3.05, 3.63) is 36.7 Å². The van der Waals surface area contributed by atoms with E-state index < -0.39 is 0 Å². The molecule has 0 amide bonds. The van der Waals surface area contributed by atoms with Gasteiger partial charge in [-0.05, 0) is 60.5 Å². The maximum atomic E-state index is 5.79. The van der Waals surface area contributed by atoms with Crippen LogP contribution in [0.4, 0.5) is 5.82 Å². The summed E-state index contributed by atoms with van der Waals surface area (Å²) >= 11 is 14.3. The summed E-state index contributed by atoms with van der Waals surface area (Å²) in [7, 11) is 1.97. The van der Waals surface area contributed by atoms with Crippen LogP contribution in [0.2, 0.25) is 5.28 Å². The van der Waals surface area contributed by atoms with Crippen LogP contribution in [0.25, 0.3) is 0 Å². The second-order valence-corrected chi connectivity index (χ2v) is 6.91. The molecule has 90 valence electrons. The first-order valence-corrected chi connectivity index (χ1v) is 7.52. The van der Waals surface area contributed by atoms with Gasteiger partial charge in [0.05, 0.1) is 8.26 Å². The van der Waals surface area contributed by atoms with Crippen molar-refractivity contribution in [1.82, 2.24) is 9.97 Å². The molecule has 2 rings (SSSR count). The van der Waals surface area contributed by atoms with E-state index in [2.05, 4.69) is 53.3 Å². The van der Waals surface area contributed by atoms with E-state index in [0.29, 0.717) is 0 Å². The number of hydrogen-bond acceptors (Lipinski definition) is 4. The quantitative estimate of drug-likeness (QED) is 0.721. The number of nitrogens with zero attached hydrogens (tertiary/aromatic N) is 3. The van der Waals surface area contributed by atoms with Crippen LogP contribution in [0.15, 0.2) is 25.9 Å². The molecule has 2 aromatic heterocycles. The SMILES string of the molecule is CN(Cc1csc(Br)c1)c1nc(Cl)ncc1Br. The third-order valence-corrected chi connectivity index (χ3v) is 4.39. The van der Waals surface area contributed by atoms with Crippen molar-refractivity contribution in [1.29, 1.82) is 0 Å². The number of hydrogen-bond donors (Lipinski definition) is 0. The van der Waals surface area contributed by atoms with Crippen LogP contribution in [-0.4, -0.2) is 17.0 Å². The highest BCUT2D eigenvalue weighted by molar-refractivity contribution is 9.11. The van der Waals surface area contributed by atoms with Crippen LogP contribution >= 0.6 is 54.8 Å². The van der Waals surface area contributed by atoms with E-state index in [9.17, 15) is 0 Å². The number of thiophene rings is 1. The zero-order chi connectivity index (χ0) is 12.4. The molecule has 0 N–H and O–H groups in total. The van der Waals surface area contributed by atoms with Crippen molar-refractivity contribution in [3.63, 3.8) is 0 Å². The molecule has 0 atom stereocenters. The van der Waals surface area contributed by atoms with Gasteiger partial charge in [-0.2, -0.15) is 4.98 Å². The molecule has 3 nitrogen and oxygen atoms in total. The van der Waals surface area contributed by atoms with E-state index >= 15 is 0 Å². The standard InChI is InChI=1S/C10H8Br2ClN3S/c1-16(4-6-2-8(12)17-5-6)9-7(11)3-14-10(13)15-9/h2-3,5H,4H2,1H3.